The van der Waals surface area contributed by atoms with Gasteiger partial charge in [0.1, 0.15) is 5.82 Å². The van der Waals surface area contributed by atoms with Gasteiger partial charge in [-0.3, -0.25) is 0 Å². The van der Waals surface area contributed by atoms with Gasteiger partial charge in [-0.2, -0.15) is 0 Å². The van der Waals surface area contributed by atoms with Crippen molar-refractivity contribution in [3.05, 3.63) is 29.6 Å². The first-order valence-electron chi connectivity index (χ1n) is 5.93. The van der Waals surface area contributed by atoms with Crippen molar-refractivity contribution in [1.82, 2.24) is 4.90 Å². The van der Waals surface area contributed by atoms with E-state index in [1.165, 1.54) is 25.3 Å². The zero-order valence-corrected chi connectivity index (χ0v) is 10.6. The fourth-order valence-corrected chi connectivity index (χ4v) is 2.20. The number of esters is 1. The zero-order chi connectivity index (χ0) is 13.1. The van der Waals surface area contributed by atoms with Crippen molar-refractivity contribution < 1.29 is 13.9 Å². The Bertz CT molecular complexity index is 451. The van der Waals surface area contributed by atoms with Gasteiger partial charge in [0.05, 0.1) is 18.4 Å². The Morgan fingerprint density at radius 3 is 2.94 bits per heavy atom. The number of anilines is 1. The van der Waals surface area contributed by atoms with E-state index in [-0.39, 0.29) is 11.9 Å². The van der Waals surface area contributed by atoms with E-state index in [0.29, 0.717) is 11.3 Å². The highest BCUT2D eigenvalue weighted by Gasteiger charge is 2.21. The average Bonchev–Trinajstić information content (AvgIpc) is 2.74. The van der Waals surface area contributed by atoms with E-state index in [9.17, 15) is 9.18 Å². The molecule has 1 aliphatic rings. The maximum Gasteiger partial charge on any atom is 0.339 e. The predicted octanol–water partition coefficient (Wildman–Crippen LogP) is 1.73. The van der Waals surface area contributed by atoms with Gasteiger partial charge in [0.2, 0.25) is 0 Å². The van der Waals surface area contributed by atoms with E-state index in [0.717, 1.165) is 19.5 Å². The van der Waals surface area contributed by atoms with E-state index < -0.39 is 5.97 Å². The largest absolute Gasteiger partial charge is 0.465 e. The number of hydrogen-bond donors (Lipinski definition) is 1. The molecule has 18 heavy (non-hydrogen) atoms. The number of likely N-dealkylation sites (tertiary alicyclic amines) is 1. The number of hydrogen-bond acceptors (Lipinski definition) is 4. The number of carbonyl (C=O) groups excluding carboxylic acids is 1. The lowest BCUT2D eigenvalue weighted by Gasteiger charge is -2.16. The van der Waals surface area contributed by atoms with E-state index in [4.69, 9.17) is 4.74 Å². The molecule has 0 radical (unpaired) electrons. The van der Waals surface area contributed by atoms with Crippen LogP contribution in [0, 0.1) is 5.82 Å². The third-order valence-corrected chi connectivity index (χ3v) is 3.14. The summed E-state index contributed by atoms with van der Waals surface area (Å²) in [5, 5.41) is 3.21. The van der Waals surface area contributed by atoms with Crippen LogP contribution in [0.2, 0.25) is 0 Å². The first-order chi connectivity index (χ1) is 8.60. The fraction of sp³-hybridized carbons (Fsp3) is 0.462. The summed E-state index contributed by atoms with van der Waals surface area (Å²) in [5.41, 5.74) is 0.871. The van der Waals surface area contributed by atoms with Gasteiger partial charge in [-0.25, -0.2) is 9.18 Å². The van der Waals surface area contributed by atoms with Crippen molar-refractivity contribution in [2.75, 3.05) is 32.6 Å². The molecule has 1 unspecified atom stereocenters. The van der Waals surface area contributed by atoms with Crippen LogP contribution in [0.25, 0.3) is 0 Å². The van der Waals surface area contributed by atoms with Gasteiger partial charge in [-0.1, -0.05) is 0 Å². The summed E-state index contributed by atoms with van der Waals surface area (Å²) in [6, 6.07) is 4.28. The smallest absolute Gasteiger partial charge is 0.339 e. The lowest BCUT2D eigenvalue weighted by molar-refractivity contribution is 0.0601. The Hall–Kier alpha value is -1.62. The molecule has 2 rings (SSSR count). The van der Waals surface area contributed by atoms with Crippen molar-refractivity contribution >= 4 is 11.7 Å². The minimum atomic E-state index is -0.455. The summed E-state index contributed by atoms with van der Waals surface area (Å²) in [6.07, 6.45) is 0.980. The lowest BCUT2D eigenvalue weighted by Crippen LogP contribution is -2.24. The molecule has 1 aromatic carbocycles. The molecule has 1 heterocycles. The van der Waals surface area contributed by atoms with E-state index in [1.54, 1.807) is 0 Å². The highest BCUT2D eigenvalue weighted by Crippen LogP contribution is 2.21. The highest BCUT2D eigenvalue weighted by molar-refractivity contribution is 5.95. The van der Waals surface area contributed by atoms with Crippen molar-refractivity contribution in [2.24, 2.45) is 0 Å². The van der Waals surface area contributed by atoms with Crippen LogP contribution in [-0.4, -0.2) is 44.2 Å². The van der Waals surface area contributed by atoms with Crippen LogP contribution in [0.5, 0.6) is 0 Å². The average molecular weight is 252 g/mol. The molecule has 98 valence electrons. The molecular weight excluding hydrogens is 235 g/mol. The number of carbonyl (C=O) groups is 1. The molecule has 0 bridgehead atoms. The van der Waals surface area contributed by atoms with Crippen LogP contribution in [-0.2, 0) is 4.74 Å². The van der Waals surface area contributed by atoms with Crippen LogP contribution in [0.4, 0.5) is 10.1 Å². The Morgan fingerprint density at radius 1 is 1.56 bits per heavy atom. The maximum atomic E-state index is 13.3. The van der Waals surface area contributed by atoms with Crippen LogP contribution in [0.3, 0.4) is 0 Å². The van der Waals surface area contributed by atoms with Gasteiger partial charge < -0.3 is 15.0 Å². The minimum absolute atomic E-state index is 0.236. The molecule has 0 amide bonds. The summed E-state index contributed by atoms with van der Waals surface area (Å²) in [5.74, 6) is -0.819. The van der Waals surface area contributed by atoms with E-state index >= 15 is 0 Å². The molecule has 0 aromatic heterocycles. The molecule has 0 spiro atoms. The SMILES string of the molecule is COC(=O)c1ccc(F)cc1NC1CCN(C)C1. The second-order valence-corrected chi connectivity index (χ2v) is 4.57. The molecule has 0 saturated carbocycles. The first kappa shape index (κ1) is 12.8. The van der Waals surface area contributed by atoms with Gasteiger partial charge >= 0.3 is 5.97 Å². The molecule has 1 N–H and O–H groups in total. The first-order valence-corrected chi connectivity index (χ1v) is 5.93. The number of likely N-dealkylation sites (N-methyl/N-ethyl adjacent to an activating group) is 1. The molecule has 1 saturated heterocycles. The van der Waals surface area contributed by atoms with Crippen LogP contribution < -0.4 is 5.32 Å². The molecule has 1 aliphatic heterocycles. The highest BCUT2D eigenvalue weighted by atomic mass is 19.1. The van der Waals surface area contributed by atoms with Gasteiger partial charge in [0.15, 0.2) is 0 Å². The van der Waals surface area contributed by atoms with Crippen LogP contribution in [0.15, 0.2) is 18.2 Å². The van der Waals surface area contributed by atoms with Crippen LogP contribution in [0.1, 0.15) is 16.8 Å². The second kappa shape index (κ2) is 5.35. The Balaban J connectivity index is 2.19. The van der Waals surface area contributed by atoms with Crippen molar-refractivity contribution in [2.45, 2.75) is 12.5 Å². The molecule has 4 nitrogen and oxygen atoms in total. The third-order valence-electron chi connectivity index (χ3n) is 3.14. The summed E-state index contributed by atoms with van der Waals surface area (Å²) in [4.78, 5) is 13.8. The van der Waals surface area contributed by atoms with Gasteiger partial charge in [0, 0.05) is 12.6 Å². The number of nitrogens with one attached hydrogen (secondary N) is 1. The van der Waals surface area contributed by atoms with Crippen LogP contribution >= 0.6 is 0 Å². The number of halogens is 1. The van der Waals surface area contributed by atoms with Crippen molar-refractivity contribution in [3.8, 4) is 0 Å². The Morgan fingerprint density at radius 2 is 2.33 bits per heavy atom. The molecule has 0 aliphatic carbocycles. The molecular formula is C13H17FN2O2. The normalized spacial score (nSPS) is 19.8. The number of methoxy groups -OCH3 is 1. The number of rotatable bonds is 3. The van der Waals surface area contributed by atoms with Crippen molar-refractivity contribution in [1.29, 1.82) is 0 Å². The zero-order valence-electron chi connectivity index (χ0n) is 10.6. The van der Waals surface area contributed by atoms with E-state index in [1.807, 2.05) is 7.05 Å². The van der Waals surface area contributed by atoms with Gasteiger partial charge in [-0.05, 0) is 38.2 Å². The predicted molar refractivity (Wildman–Crippen MR) is 67.3 cm³/mol. The second-order valence-electron chi connectivity index (χ2n) is 4.57. The monoisotopic (exact) mass is 252 g/mol. The maximum absolute atomic E-state index is 13.3. The fourth-order valence-electron chi connectivity index (χ4n) is 2.20. The number of ether oxygens (including phenoxy) is 1. The quantitative estimate of drug-likeness (QED) is 0.832. The van der Waals surface area contributed by atoms with Gasteiger partial charge in [0.25, 0.3) is 0 Å². The standard InChI is InChI=1S/C13H17FN2O2/c1-16-6-5-10(8-16)15-12-7-9(14)3-4-11(12)13(17)18-2/h3-4,7,10,15H,5-6,8H2,1-2H3. The third kappa shape index (κ3) is 2.79. The van der Waals surface area contributed by atoms with E-state index in [2.05, 4.69) is 10.2 Å². The Kier molecular flexibility index (Phi) is 3.81. The summed E-state index contributed by atoms with van der Waals surface area (Å²) in [6.45, 7) is 1.89. The number of nitrogens with zero attached hydrogens (tertiary/aromatic N) is 1. The lowest BCUT2D eigenvalue weighted by atomic mass is 10.1. The molecule has 1 aromatic rings. The minimum Gasteiger partial charge on any atom is -0.465 e. The summed E-state index contributed by atoms with van der Waals surface area (Å²) >= 11 is 0. The van der Waals surface area contributed by atoms with Gasteiger partial charge in [-0.15, -0.1) is 0 Å². The Labute approximate surface area is 106 Å². The number of benzene rings is 1. The summed E-state index contributed by atoms with van der Waals surface area (Å²) in [7, 11) is 3.35. The summed E-state index contributed by atoms with van der Waals surface area (Å²) < 4.78 is 18.0. The van der Waals surface area contributed by atoms with Crippen molar-refractivity contribution in [3.63, 3.8) is 0 Å². The topological polar surface area (TPSA) is 41.6 Å². The molecule has 1 fully saturated rings. The molecule has 5 heteroatoms. The molecule has 1 atom stereocenters.